The molecule has 0 bridgehead atoms. The number of nitrogens with zero attached hydrogens (tertiary/aromatic N) is 7. The molecule has 0 unspecified atom stereocenters. The number of benzene rings is 2. The lowest BCUT2D eigenvalue weighted by molar-refractivity contribution is 0.0727. The van der Waals surface area contributed by atoms with Gasteiger partial charge in [0.15, 0.2) is 17.2 Å². The number of amides is 1. The number of ether oxygens (including phenoxy) is 3. The number of nitrogen functional groups attached to an aromatic ring is 1. The summed E-state index contributed by atoms with van der Waals surface area (Å²) >= 11 is 0. The SMILES string of the molecule is CCOc1cc(/C=N/NC(=O)c2c(CN3CCCCC3)nnn2-c2nonc2N)ccc1OC(=O)c1cccc(OC)c1. The average Bonchev–Trinajstić information content (AvgIpc) is 3.64. The number of anilines is 1. The number of nitrogens with two attached hydrogens (primary N) is 1. The summed E-state index contributed by atoms with van der Waals surface area (Å²) in [5.74, 6) is -0.0472. The van der Waals surface area contributed by atoms with Gasteiger partial charge in [-0.3, -0.25) is 9.69 Å². The Morgan fingerprint density at radius 2 is 1.95 bits per heavy atom. The Labute approximate surface area is 246 Å². The largest absolute Gasteiger partial charge is 0.497 e. The van der Waals surface area contributed by atoms with Crippen LogP contribution in [0.3, 0.4) is 0 Å². The topological polar surface area (TPSA) is 185 Å². The molecule has 0 radical (unpaired) electrons. The van der Waals surface area contributed by atoms with Crippen molar-refractivity contribution in [1.29, 1.82) is 0 Å². The maximum absolute atomic E-state index is 13.4. The van der Waals surface area contributed by atoms with Gasteiger partial charge in [-0.15, -0.1) is 5.10 Å². The van der Waals surface area contributed by atoms with E-state index in [1.807, 2.05) is 6.92 Å². The van der Waals surface area contributed by atoms with Crippen LogP contribution in [0, 0.1) is 0 Å². The third-order valence-corrected chi connectivity index (χ3v) is 6.63. The third kappa shape index (κ3) is 6.95. The van der Waals surface area contributed by atoms with Gasteiger partial charge < -0.3 is 19.9 Å². The van der Waals surface area contributed by atoms with E-state index in [-0.39, 0.29) is 23.1 Å². The van der Waals surface area contributed by atoms with Gasteiger partial charge in [0, 0.05) is 6.54 Å². The number of hydrogen-bond acceptors (Lipinski definition) is 13. The van der Waals surface area contributed by atoms with E-state index in [9.17, 15) is 9.59 Å². The third-order valence-electron chi connectivity index (χ3n) is 6.63. The zero-order valence-electron chi connectivity index (χ0n) is 23.7. The molecule has 3 N–H and O–H groups in total. The lowest BCUT2D eigenvalue weighted by Crippen LogP contribution is -2.31. The van der Waals surface area contributed by atoms with Crippen LogP contribution in [-0.2, 0) is 6.54 Å². The van der Waals surface area contributed by atoms with Gasteiger partial charge >= 0.3 is 5.97 Å². The number of carbonyl (C=O) groups excluding carboxylic acids is 2. The van der Waals surface area contributed by atoms with Gasteiger partial charge in [-0.25, -0.2) is 14.8 Å². The predicted octanol–water partition coefficient (Wildman–Crippen LogP) is 2.61. The molecule has 1 aliphatic rings. The molecule has 1 fully saturated rings. The summed E-state index contributed by atoms with van der Waals surface area (Å²) in [5.41, 5.74) is 9.84. The second-order valence-corrected chi connectivity index (χ2v) is 9.57. The molecule has 1 amide bonds. The van der Waals surface area contributed by atoms with E-state index in [4.69, 9.17) is 24.6 Å². The van der Waals surface area contributed by atoms with Gasteiger partial charge in [0.2, 0.25) is 11.6 Å². The van der Waals surface area contributed by atoms with Gasteiger partial charge in [-0.05, 0) is 85.1 Å². The minimum atomic E-state index is -0.579. The van der Waals surface area contributed by atoms with Crippen LogP contribution in [-0.4, -0.2) is 75.1 Å². The minimum absolute atomic E-state index is 0.0392. The molecule has 0 saturated carbocycles. The molecule has 4 aromatic rings. The van der Waals surface area contributed by atoms with Crippen molar-refractivity contribution in [2.45, 2.75) is 32.7 Å². The molecule has 5 rings (SSSR count). The maximum Gasteiger partial charge on any atom is 0.343 e. The number of hydrazone groups is 1. The number of esters is 1. The van der Waals surface area contributed by atoms with Crippen molar-refractivity contribution in [1.82, 2.24) is 35.6 Å². The molecule has 1 aliphatic heterocycles. The Kier molecular flexibility index (Phi) is 9.21. The van der Waals surface area contributed by atoms with Crippen molar-refractivity contribution in [2.75, 3.05) is 32.5 Å². The van der Waals surface area contributed by atoms with Crippen LogP contribution in [0.15, 0.2) is 52.2 Å². The fraction of sp³-hybridized carbons (Fsp3) is 0.321. The highest BCUT2D eigenvalue weighted by Gasteiger charge is 2.26. The Hall–Kier alpha value is -5.31. The first kappa shape index (κ1) is 29.2. The molecule has 0 spiro atoms. The Morgan fingerprint density at radius 3 is 2.70 bits per heavy atom. The van der Waals surface area contributed by atoms with Crippen LogP contribution in [0.25, 0.3) is 5.82 Å². The second kappa shape index (κ2) is 13.6. The van der Waals surface area contributed by atoms with E-state index in [1.54, 1.807) is 42.5 Å². The standard InChI is InChI=1S/C28H31N9O6/c1-3-41-23-14-18(10-11-22(23)42-28(39)19-8-7-9-20(15-19)40-2)16-30-32-27(38)24-21(17-36-12-5-4-6-13-36)31-35-37(24)26-25(29)33-43-34-26/h7-11,14-16H,3-6,12-13,17H2,1-2H3,(H2,29,33)(H,32,38)/b30-16+. The first-order chi connectivity index (χ1) is 21.0. The summed E-state index contributed by atoms with van der Waals surface area (Å²) < 4.78 is 22.3. The molecule has 0 atom stereocenters. The quantitative estimate of drug-likeness (QED) is 0.113. The van der Waals surface area contributed by atoms with E-state index in [1.165, 1.54) is 24.4 Å². The summed E-state index contributed by atoms with van der Waals surface area (Å²) in [5, 5.41) is 19.8. The highest BCUT2D eigenvalue weighted by molar-refractivity contribution is 5.95. The molecule has 1 saturated heterocycles. The van der Waals surface area contributed by atoms with Crippen LogP contribution in [0.5, 0.6) is 17.2 Å². The number of aromatic nitrogens is 5. The van der Waals surface area contributed by atoms with Crippen LogP contribution >= 0.6 is 0 Å². The average molecular weight is 590 g/mol. The normalized spacial score (nSPS) is 13.6. The Bertz CT molecular complexity index is 1610. The minimum Gasteiger partial charge on any atom is -0.497 e. The fourth-order valence-electron chi connectivity index (χ4n) is 4.55. The lowest BCUT2D eigenvalue weighted by atomic mass is 10.1. The highest BCUT2D eigenvalue weighted by Crippen LogP contribution is 2.29. The van der Waals surface area contributed by atoms with E-state index < -0.39 is 11.9 Å². The predicted molar refractivity (Wildman–Crippen MR) is 153 cm³/mol. The highest BCUT2D eigenvalue weighted by atomic mass is 16.6. The molecule has 2 aromatic carbocycles. The molecule has 3 heterocycles. The molecule has 15 heteroatoms. The van der Waals surface area contributed by atoms with Gasteiger partial charge in [0.25, 0.3) is 5.91 Å². The van der Waals surface area contributed by atoms with Gasteiger partial charge in [-0.1, -0.05) is 17.7 Å². The van der Waals surface area contributed by atoms with Gasteiger partial charge in [-0.2, -0.15) is 9.78 Å². The van der Waals surface area contributed by atoms with Gasteiger partial charge in [0.05, 0.1) is 25.5 Å². The van der Waals surface area contributed by atoms with Crippen molar-refractivity contribution in [3.05, 3.63) is 65.0 Å². The number of carbonyl (C=O) groups is 2. The number of likely N-dealkylation sites (tertiary alicyclic amines) is 1. The first-order valence-corrected chi connectivity index (χ1v) is 13.7. The zero-order valence-corrected chi connectivity index (χ0v) is 23.7. The summed E-state index contributed by atoms with van der Waals surface area (Å²) in [6.07, 6.45) is 4.74. The van der Waals surface area contributed by atoms with Gasteiger partial charge in [0.1, 0.15) is 11.4 Å². The van der Waals surface area contributed by atoms with Crippen LogP contribution in [0.2, 0.25) is 0 Å². The second-order valence-electron chi connectivity index (χ2n) is 9.57. The van der Waals surface area contributed by atoms with E-state index >= 15 is 0 Å². The Balaban J connectivity index is 1.32. The first-order valence-electron chi connectivity index (χ1n) is 13.7. The van der Waals surface area contributed by atoms with Crippen LogP contribution in [0.4, 0.5) is 5.82 Å². The molecular formula is C28H31N9O6. The molecule has 43 heavy (non-hydrogen) atoms. The Morgan fingerprint density at radius 1 is 1.12 bits per heavy atom. The number of methoxy groups -OCH3 is 1. The molecule has 2 aromatic heterocycles. The monoisotopic (exact) mass is 589 g/mol. The van der Waals surface area contributed by atoms with E-state index in [2.05, 4.69) is 36.1 Å². The van der Waals surface area contributed by atoms with Crippen molar-refractivity contribution in [2.24, 2.45) is 5.10 Å². The van der Waals surface area contributed by atoms with E-state index in [0.29, 0.717) is 41.5 Å². The maximum atomic E-state index is 13.4. The summed E-state index contributed by atoms with van der Waals surface area (Å²) in [6, 6.07) is 11.5. The van der Waals surface area contributed by atoms with Crippen LogP contribution in [0.1, 0.15) is 58.3 Å². The fourth-order valence-corrected chi connectivity index (χ4v) is 4.55. The summed E-state index contributed by atoms with van der Waals surface area (Å²) in [4.78, 5) is 28.3. The molecule has 0 aliphatic carbocycles. The summed E-state index contributed by atoms with van der Waals surface area (Å²) in [6.45, 7) is 4.35. The number of rotatable bonds is 11. The smallest absolute Gasteiger partial charge is 0.343 e. The van der Waals surface area contributed by atoms with Crippen molar-refractivity contribution in [3.8, 4) is 23.1 Å². The summed E-state index contributed by atoms with van der Waals surface area (Å²) in [7, 11) is 1.52. The number of hydrogen-bond donors (Lipinski definition) is 2. The zero-order chi connectivity index (χ0) is 30.2. The van der Waals surface area contributed by atoms with Crippen LogP contribution < -0.4 is 25.4 Å². The molecule has 15 nitrogen and oxygen atoms in total. The number of nitrogens with one attached hydrogen (secondary N) is 1. The van der Waals surface area contributed by atoms with Crippen molar-refractivity contribution >= 4 is 23.9 Å². The number of piperidine rings is 1. The van der Waals surface area contributed by atoms with Crippen molar-refractivity contribution in [3.63, 3.8) is 0 Å². The van der Waals surface area contributed by atoms with E-state index in [0.717, 1.165) is 25.9 Å². The molecule has 224 valence electrons. The molecular weight excluding hydrogens is 558 g/mol. The van der Waals surface area contributed by atoms with Crippen molar-refractivity contribution < 1.29 is 28.4 Å². The lowest BCUT2D eigenvalue weighted by Gasteiger charge is -2.25.